The molecule has 3 nitrogen and oxygen atoms in total. The molecule has 1 aromatic carbocycles. The zero-order chi connectivity index (χ0) is 15.2. The average molecular weight is 357 g/mol. The van der Waals surface area contributed by atoms with Gasteiger partial charge >= 0.3 is 0 Å². The molecule has 2 unspecified atom stereocenters. The average Bonchev–Trinajstić information content (AvgIpc) is 2.94. The summed E-state index contributed by atoms with van der Waals surface area (Å²) >= 11 is 3.18. The Morgan fingerprint density at radius 1 is 1.57 bits per heavy atom. The molecule has 1 aliphatic rings. The van der Waals surface area contributed by atoms with Gasteiger partial charge in [0.15, 0.2) is 0 Å². The van der Waals surface area contributed by atoms with Gasteiger partial charge in [-0.1, -0.05) is 6.07 Å². The molecule has 1 aliphatic heterocycles. The van der Waals surface area contributed by atoms with E-state index in [1.165, 1.54) is 12.5 Å². The van der Waals surface area contributed by atoms with Crippen molar-refractivity contribution in [3.63, 3.8) is 0 Å². The van der Waals surface area contributed by atoms with Gasteiger partial charge in [-0.05, 0) is 78.8 Å². The minimum Gasteiger partial charge on any atom is -0.353 e. The van der Waals surface area contributed by atoms with Gasteiger partial charge < -0.3 is 10.6 Å². The standard InChI is InChI=1S/C16H22BrFN2O/c1-11(8-13-2-4-15(18)14(17)9-13)20-16(21)5-3-12-6-7-19-10-12/h2,4,9,11-12,19H,3,5-8,10H2,1H3,(H,20,21). The van der Waals surface area contributed by atoms with Crippen LogP contribution < -0.4 is 10.6 Å². The second-order valence-electron chi connectivity index (χ2n) is 5.82. The smallest absolute Gasteiger partial charge is 0.220 e. The summed E-state index contributed by atoms with van der Waals surface area (Å²) in [7, 11) is 0. The molecule has 2 N–H and O–H groups in total. The number of hydrogen-bond acceptors (Lipinski definition) is 2. The van der Waals surface area contributed by atoms with Gasteiger partial charge in [-0.2, -0.15) is 0 Å². The highest BCUT2D eigenvalue weighted by atomic mass is 79.9. The van der Waals surface area contributed by atoms with Crippen LogP contribution in [0.4, 0.5) is 4.39 Å². The Balaban J connectivity index is 1.73. The zero-order valence-corrected chi connectivity index (χ0v) is 13.9. The molecule has 21 heavy (non-hydrogen) atoms. The molecule has 0 aromatic heterocycles. The lowest BCUT2D eigenvalue weighted by molar-refractivity contribution is -0.121. The fourth-order valence-electron chi connectivity index (χ4n) is 2.71. The van der Waals surface area contributed by atoms with Crippen LogP contribution in [0, 0.1) is 11.7 Å². The Labute approximate surface area is 133 Å². The third-order valence-corrected chi connectivity index (χ3v) is 4.48. The number of nitrogens with one attached hydrogen (secondary N) is 2. The normalized spacial score (nSPS) is 19.5. The molecule has 0 spiro atoms. The van der Waals surface area contributed by atoms with Crippen LogP contribution in [0.2, 0.25) is 0 Å². The Morgan fingerprint density at radius 2 is 2.38 bits per heavy atom. The van der Waals surface area contributed by atoms with E-state index in [1.807, 2.05) is 6.92 Å². The molecule has 0 bridgehead atoms. The summed E-state index contributed by atoms with van der Waals surface area (Å²) < 4.78 is 13.6. The van der Waals surface area contributed by atoms with E-state index >= 15 is 0 Å². The van der Waals surface area contributed by atoms with Gasteiger partial charge in [0.1, 0.15) is 5.82 Å². The van der Waals surface area contributed by atoms with Gasteiger partial charge in [0, 0.05) is 12.5 Å². The van der Waals surface area contributed by atoms with Crippen LogP contribution in [0.3, 0.4) is 0 Å². The van der Waals surface area contributed by atoms with Crippen molar-refractivity contribution >= 4 is 21.8 Å². The fraction of sp³-hybridized carbons (Fsp3) is 0.562. The fourth-order valence-corrected chi connectivity index (χ4v) is 3.14. The van der Waals surface area contributed by atoms with Gasteiger partial charge in [0.2, 0.25) is 5.91 Å². The number of carbonyl (C=O) groups excluding carboxylic acids is 1. The van der Waals surface area contributed by atoms with Crippen molar-refractivity contribution in [3.8, 4) is 0 Å². The van der Waals surface area contributed by atoms with Crippen molar-refractivity contribution in [1.29, 1.82) is 0 Å². The van der Waals surface area contributed by atoms with Crippen LogP contribution >= 0.6 is 15.9 Å². The van der Waals surface area contributed by atoms with E-state index in [2.05, 4.69) is 26.6 Å². The first kappa shape index (κ1) is 16.4. The van der Waals surface area contributed by atoms with Gasteiger partial charge in [0.25, 0.3) is 0 Å². The Bertz CT molecular complexity index is 489. The quantitative estimate of drug-likeness (QED) is 0.822. The molecule has 5 heteroatoms. The Kier molecular flexibility index (Phi) is 6.18. The summed E-state index contributed by atoms with van der Waals surface area (Å²) in [5.74, 6) is 0.482. The highest BCUT2D eigenvalue weighted by Gasteiger charge is 2.16. The number of rotatable bonds is 6. The summed E-state index contributed by atoms with van der Waals surface area (Å²) in [6.45, 7) is 4.08. The van der Waals surface area contributed by atoms with Crippen LogP contribution in [-0.4, -0.2) is 25.0 Å². The molecule has 1 saturated heterocycles. The molecular weight excluding hydrogens is 335 g/mol. The summed E-state index contributed by atoms with van der Waals surface area (Å²) in [6.07, 6.45) is 3.42. The lowest BCUT2D eigenvalue weighted by Crippen LogP contribution is -2.34. The Morgan fingerprint density at radius 3 is 3.05 bits per heavy atom. The molecule has 0 radical (unpaired) electrons. The van der Waals surface area contributed by atoms with Gasteiger partial charge in [-0.25, -0.2) is 4.39 Å². The van der Waals surface area contributed by atoms with Crippen molar-refractivity contribution in [2.75, 3.05) is 13.1 Å². The molecule has 1 aromatic rings. The second kappa shape index (κ2) is 7.90. The third kappa shape index (κ3) is 5.40. The molecule has 2 atom stereocenters. The molecule has 1 amide bonds. The topological polar surface area (TPSA) is 41.1 Å². The summed E-state index contributed by atoms with van der Waals surface area (Å²) in [4.78, 5) is 11.9. The summed E-state index contributed by atoms with van der Waals surface area (Å²) in [5, 5.41) is 6.33. The monoisotopic (exact) mass is 356 g/mol. The first-order valence-electron chi connectivity index (χ1n) is 7.48. The molecule has 0 saturated carbocycles. The number of amides is 1. The third-order valence-electron chi connectivity index (χ3n) is 3.88. The SMILES string of the molecule is CC(Cc1ccc(F)c(Br)c1)NC(=O)CCC1CCNC1. The van der Waals surface area contributed by atoms with Crippen LogP contribution in [0.5, 0.6) is 0 Å². The van der Waals surface area contributed by atoms with Crippen molar-refractivity contribution in [2.24, 2.45) is 5.92 Å². The maximum atomic E-state index is 13.2. The van der Waals surface area contributed by atoms with E-state index in [4.69, 9.17) is 0 Å². The van der Waals surface area contributed by atoms with Gasteiger partial charge in [0.05, 0.1) is 4.47 Å². The van der Waals surface area contributed by atoms with Crippen molar-refractivity contribution in [3.05, 3.63) is 34.1 Å². The predicted molar refractivity (Wildman–Crippen MR) is 85.6 cm³/mol. The van der Waals surface area contributed by atoms with Crippen molar-refractivity contribution < 1.29 is 9.18 Å². The highest BCUT2D eigenvalue weighted by Crippen LogP contribution is 2.18. The van der Waals surface area contributed by atoms with Crippen LogP contribution in [-0.2, 0) is 11.2 Å². The number of benzene rings is 1. The van der Waals surface area contributed by atoms with E-state index in [1.54, 1.807) is 12.1 Å². The zero-order valence-electron chi connectivity index (χ0n) is 12.3. The van der Waals surface area contributed by atoms with Crippen molar-refractivity contribution in [2.45, 2.75) is 38.6 Å². The van der Waals surface area contributed by atoms with E-state index in [0.29, 0.717) is 23.2 Å². The minimum absolute atomic E-state index is 0.0524. The van der Waals surface area contributed by atoms with Gasteiger partial charge in [-0.3, -0.25) is 4.79 Å². The van der Waals surface area contributed by atoms with E-state index < -0.39 is 0 Å². The predicted octanol–water partition coefficient (Wildman–Crippen LogP) is 3.03. The molecule has 0 aliphatic carbocycles. The van der Waals surface area contributed by atoms with E-state index in [9.17, 15) is 9.18 Å². The Hall–Kier alpha value is -0.940. The van der Waals surface area contributed by atoms with Crippen LogP contribution in [0.1, 0.15) is 31.7 Å². The highest BCUT2D eigenvalue weighted by molar-refractivity contribution is 9.10. The van der Waals surface area contributed by atoms with E-state index in [0.717, 1.165) is 25.1 Å². The maximum absolute atomic E-state index is 13.2. The molecule has 116 valence electrons. The lowest BCUT2D eigenvalue weighted by atomic mass is 10.0. The first-order chi connectivity index (χ1) is 10.0. The molecule has 1 heterocycles. The second-order valence-corrected chi connectivity index (χ2v) is 6.67. The van der Waals surface area contributed by atoms with E-state index in [-0.39, 0.29) is 17.8 Å². The number of hydrogen-bond donors (Lipinski definition) is 2. The van der Waals surface area contributed by atoms with Crippen molar-refractivity contribution in [1.82, 2.24) is 10.6 Å². The van der Waals surface area contributed by atoms with Crippen LogP contribution in [0.25, 0.3) is 0 Å². The summed E-state index contributed by atoms with van der Waals surface area (Å²) in [6, 6.07) is 5.02. The molecular formula is C16H22BrFN2O. The van der Waals surface area contributed by atoms with Gasteiger partial charge in [-0.15, -0.1) is 0 Å². The first-order valence-corrected chi connectivity index (χ1v) is 8.28. The van der Waals surface area contributed by atoms with Crippen LogP contribution in [0.15, 0.2) is 22.7 Å². The summed E-state index contributed by atoms with van der Waals surface area (Å²) in [5.41, 5.74) is 1.01. The number of carbonyl (C=O) groups is 1. The molecule has 1 fully saturated rings. The molecule has 2 rings (SSSR count). The minimum atomic E-state index is -0.263. The largest absolute Gasteiger partial charge is 0.353 e. The lowest BCUT2D eigenvalue weighted by Gasteiger charge is -2.15. The number of halogens is 2. The maximum Gasteiger partial charge on any atom is 0.220 e.